The maximum absolute atomic E-state index is 6.19. The molecule has 2 atom stereocenters. The smallest absolute Gasteiger partial charge is 0.123 e. The molecule has 2 N–H and O–H groups in total. The topological polar surface area (TPSA) is 35.2 Å². The van der Waals surface area contributed by atoms with Crippen LogP contribution in [0.5, 0.6) is 5.75 Å². The van der Waals surface area contributed by atoms with Crippen LogP contribution < -0.4 is 10.5 Å². The minimum atomic E-state index is 0.0300. The number of hydrogen-bond donors (Lipinski definition) is 1. The molecular weight excluding hydrogens is 254 g/mol. The summed E-state index contributed by atoms with van der Waals surface area (Å²) >= 11 is 3.45. The highest BCUT2D eigenvalue weighted by atomic mass is 79.9. The largest absolute Gasteiger partial charge is 0.496 e. The fourth-order valence-corrected chi connectivity index (χ4v) is 1.90. The maximum atomic E-state index is 6.19. The van der Waals surface area contributed by atoms with Gasteiger partial charge in [0.1, 0.15) is 5.75 Å². The quantitative estimate of drug-likeness (QED) is 0.910. The highest BCUT2D eigenvalue weighted by Crippen LogP contribution is 2.31. The monoisotopic (exact) mass is 271 g/mol. The molecule has 0 aromatic heterocycles. The maximum Gasteiger partial charge on any atom is 0.123 e. The molecule has 0 aliphatic carbocycles. The normalized spacial score (nSPS) is 14.7. The first-order valence-corrected chi connectivity index (χ1v) is 5.98. The third kappa shape index (κ3) is 2.95. The van der Waals surface area contributed by atoms with E-state index >= 15 is 0 Å². The van der Waals surface area contributed by atoms with Gasteiger partial charge in [-0.3, -0.25) is 0 Å². The van der Waals surface area contributed by atoms with E-state index in [2.05, 4.69) is 29.8 Å². The van der Waals surface area contributed by atoms with Gasteiger partial charge in [-0.25, -0.2) is 0 Å². The van der Waals surface area contributed by atoms with Crippen LogP contribution in [0.3, 0.4) is 0 Å². The standard InChI is InChI=1S/C12H18BrNO/c1-4-8(2)12(14)10-7-9(13)5-6-11(10)15-3/h5-8,12H,4,14H2,1-3H3/t8?,12-/m1/s1. The molecule has 1 aromatic rings. The summed E-state index contributed by atoms with van der Waals surface area (Å²) in [6.45, 7) is 4.31. The van der Waals surface area contributed by atoms with E-state index in [9.17, 15) is 0 Å². The van der Waals surface area contributed by atoms with E-state index in [0.29, 0.717) is 5.92 Å². The van der Waals surface area contributed by atoms with Gasteiger partial charge in [-0.05, 0) is 24.1 Å². The molecular formula is C12H18BrNO. The third-order valence-electron chi connectivity index (χ3n) is 2.81. The molecule has 0 spiro atoms. The van der Waals surface area contributed by atoms with E-state index < -0.39 is 0 Å². The molecule has 0 aliphatic heterocycles. The summed E-state index contributed by atoms with van der Waals surface area (Å²) in [5, 5.41) is 0. The molecule has 1 rings (SSSR count). The lowest BCUT2D eigenvalue weighted by atomic mass is 9.93. The Morgan fingerprint density at radius 2 is 2.13 bits per heavy atom. The first-order valence-electron chi connectivity index (χ1n) is 5.19. The fraction of sp³-hybridized carbons (Fsp3) is 0.500. The number of hydrogen-bond acceptors (Lipinski definition) is 2. The minimum Gasteiger partial charge on any atom is -0.496 e. The first-order chi connectivity index (χ1) is 7.10. The van der Waals surface area contributed by atoms with Gasteiger partial charge in [-0.15, -0.1) is 0 Å². The molecule has 1 aromatic carbocycles. The van der Waals surface area contributed by atoms with Gasteiger partial charge in [0.15, 0.2) is 0 Å². The highest BCUT2D eigenvalue weighted by molar-refractivity contribution is 9.10. The average molecular weight is 272 g/mol. The van der Waals surface area contributed by atoms with E-state index in [-0.39, 0.29) is 6.04 Å². The van der Waals surface area contributed by atoms with Gasteiger partial charge in [-0.2, -0.15) is 0 Å². The van der Waals surface area contributed by atoms with Crippen molar-refractivity contribution in [3.63, 3.8) is 0 Å². The SMILES string of the molecule is CCC(C)[C@@H](N)c1cc(Br)ccc1OC. The third-order valence-corrected chi connectivity index (χ3v) is 3.30. The molecule has 0 amide bonds. The van der Waals surface area contributed by atoms with E-state index in [0.717, 1.165) is 22.2 Å². The van der Waals surface area contributed by atoms with Gasteiger partial charge >= 0.3 is 0 Å². The molecule has 2 nitrogen and oxygen atoms in total. The molecule has 0 saturated carbocycles. The summed E-state index contributed by atoms with van der Waals surface area (Å²) in [4.78, 5) is 0. The summed E-state index contributed by atoms with van der Waals surface area (Å²) < 4.78 is 6.35. The zero-order valence-corrected chi connectivity index (χ0v) is 11.0. The van der Waals surface area contributed by atoms with Crippen LogP contribution in [0.15, 0.2) is 22.7 Å². The lowest BCUT2D eigenvalue weighted by molar-refractivity contribution is 0.388. The lowest BCUT2D eigenvalue weighted by Crippen LogP contribution is -2.19. The molecule has 84 valence electrons. The molecule has 0 saturated heterocycles. The Balaban J connectivity index is 3.05. The van der Waals surface area contributed by atoms with E-state index in [1.807, 2.05) is 18.2 Å². The zero-order valence-electron chi connectivity index (χ0n) is 9.46. The van der Waals surface area contributed by atoms with Gasteiger partial charge in [-0.1, -0.05) is 36.2 Å². The van der Waals surface area contributed by atoms with Crippen LogP contribution in [-0.2, 0) is 0 Å². The number of nitrogens with two attached hydrogens (primary N) is 1. The van der Waals surface area contributed by atoms with Crippen LogP contribution >= 0.6 is 15.9 Å². The minimum absolute atomic E-state index is 0.0300. The van der Waals surface area contributed by atoms with Crippen molar-refractivity contribution in [1.29, 1.82) is 0 Å². The van der Waals surface area contributed by atoms with Crippen molar-refractivity contribution >= 4 is 15.9 Å². The molecule has 0 bridgehead atoms. The Morgan fingerprint density at radius 1 is 1.47 bits per heavy atom. The van der Waals surface area contributed by atoms with Crippen molar-refractivity contribution in [2.75, 3.05) is 7.11 Å². The number of rotatable bonds is 4. The second-order valence-corrected chi connectivity index (χ2v) is 4.71. The predicted molar refractivity (Wildman–Crippen MR) is 67.1 cm³/mol. The van der Waals surface area contributed by atoms with E-state index in [1.54, 1.807) is 7.11 Å². The van der Waals surface area contributed by atoms with Crippen molar-refractivity contribution < 1.29 is 4.74 Å². The van der Waals surface area contributed by atoms with Crippen LogP contribution in [0.25, 0.3) is 0 Å². The summed E-state index contributed by atoms with van der Waals surface area (Å²) in [6, 6.07) is 5.98. The average Bonchev–Trinajstić information content (AvgIpc) is 2.27. The van der Waals surface area contributed by atoms with Crippen molar-refractivity contribution in [3.8, 4) is 5.75 Å². The van der Waals surface area contributed by atoms with Crippen LogP contribution in [-0.4, -0.2) is 7.11 Å². The lowest BCUT2D eigenvalue weighted by Gasteiger charge is -2.21. The van der Waals surface area contributed by atoms with E-state index in [4.69, 9.17) is 10.5 Å². The highest BCUT2D eigenvalue weighted by Gasteiger charge is 2.17. The number of methoxy groups -OCH3 is 1. The molecule has 0 radical (unpaired) electrons. The molecule has 1 unspecified atom stereocenters. The van der Waals surface area contributed by atoms with Crippen molar-refractivity contribution in [1.82, 2.24) is 0 Å². The van der Waals surface area contributed by atoms with Crippen LogP contribution in [0.2, 0.25) is 0 Å². The van der Waals surface area contributed by atoms with Crippen LogP contribution in [0.1, 0.15) is 31.9 Å². The molecule has 3 heteroatoms. The van der Waals surface area contributed by atoms with Crippen LogP contribution in [0, 0.1) is 5.92 Å². The van der Waals surface area contributed by atoms with Crippen molar-refractivity contribution in [3.05, 3.63) is 28.2 Å². The Morgan fingerprint density at radius 3 is 2.67 bits per heavy atom. The molecule has 0 fully saturated rings. The second-order valence-electron chi connectivity index (χ2n) is 3.80. The Kier molecular flexibility index (Phi) is 4.61. The van der Waals surface area contributed by atoms with Gasteiger partial charge in [0.05, 0.1) is 7.11 Å². The Hall–Kier alpha value is -0.540. The zero-order chi connectivity index (χ0) is 11.4. The first kappa shape index (κ1) is 12.5. The fourth-order valence-electron chi connectivity index (χ4n) is 1.53. The molecule has 0 aliphatic rings. The van der Waals surface area contributed by atoms with Crippen LogP contribution in [0.4, 0.5) is 0 Å². The van der Waals surface area contributed by atoms with Gasteiger partial charge in [0, 0.05) is 16.1 Å². The number of benzene rings is 1. The van der Waals surface area contributed by atoms with Gasteiger partial charge in [0.2, 0.25) is 0 Å². The summed E-state index contributed by atoms with van der Waals surface area (Å²) in [5.74, 6) is 1.32. The molecule has 15 heavy (non-hydrogen) atoms. The summed E-state index contributed by atoms with van der Waals surface area (Å²) in [5.41, 5.74) is 7.26. The van der Waals surface area contributed by atoms with E-state index in [1.165, 1.54) is 0 Å². The van der Waals surface area contributed by atoms with Crippen molar-refractivity contribution in [2.24, 2.45) is 11.7 Å². The number of halogens is 1. The molecule has 0 heterocycles. The Bertz CT molecular complexity index is 327. The number of ether oxygens (including phenoxy) is 1. The second kappa shape index (κ2) is 5.52. The van der Waals surface area contributed by atoms with Crippen molar-refractivity contribution in [2.45, 2.75) is 26.3 Å². The van der Waals surface area contributed by atoms with Gasteiger partial charge < -0.3 is 10.5 Å². The summed E-state index contributed by atoms with van der Waals surface area (Å²) in [7, 11) is 1.68. The Labute approximate surface area is 99.9 Å². The summed E-state index contributed by atoms with van der Waals surface area (Å²) in [6.07, 6.45) is 1.07. The predicted octanol–water partition coefficient (Wildman–Crippen LogP) is 3.50. The van der Waals surface area contributed by atoms with Gasteiger partial charge in [0.25, 0.3) is 0 Å².